The Labute approximate surface area is 99.4 Å². The second kappa shape index (κ2) is 5.72. The molecule has 0 aliphatic heterocycles. The first-order valence-electron chi connectivity index (χ1n) is 4.81. The molecule has 0 unspecified atom stereocenters. The van der Waals surface area contributed by atoms with Crippen LogP contribution in [0, 0.1) is 0 Å². The van der Waals surface area contributed by atoms with Crippen LogP contribution >= 0.6 is 11.6 Å². The molecule has 0 atom stereocenters. The lowest BCUT2D eigenvalue weighted by Crippen LogP contribution is -2.20. The second-order valence-electron chi connectivity index (χ2n) is 3.57. The molecular weight excluding hydrogens is 230 g/mol. The largest absolute Gasteiger partial charge is 0.490 e. The molecule has 0 amide bonds. The third-order valence-corrected chi connectivity index (χ3v) is 2.28. The number of para-hydroxylation sites is 1. The van der Waals surface area contributed by atoms with Gasteiger partial charge in [-0.05, 0) is 26.2 Å². The Balaban J connectivity index is 2.80. The van der Waals surface area contributed by atoms with E-state index in [1.165, 1.54) is 6.07 Å². The summed E-state index contributed by atoms with van der Waals surface area (Å²) in [5.41, 5.74) is 0.0891. The average molecular weight is 244 g/mol. The van der Waals surface area contributed by atoms with Crippen molar-refractivity contribution >= 4 is 17.6 Å². The lowest BCUT2D eigenvalue weighted by Gasteiger charge is -2.13. The maximum absolute atomic E-state index is 10.9. The molecule has 0 spiro atoms. The Hall–Kier alpha value is -1.26. The fourth-order valence-corrected chi connectivity index (χ4v) is 1.38. The Morgan fingerprint density at radius 1 is 1.50 bits per heavy atom. The quantitative estimate of drug-likeness (QED) is 0.859. The predicted molar refractivity (Wildman–Crippen MR) is 62.5 cm³/mol. The zero-order chi connectivity index (χ0) is 12.1. The van der Waals surface area contributed by atoms with E-state index in [-0.39, 0.29) is 11.3 Å². The SMILES string of the molecule is CN(C)CCOc1c(Cl)cccc1C(=O)O. The van der Waals surface area contributed by atoms with Gasteiger partial charge >= 0.3 is 5.97 Å². The first-order chi connectivity index (χ1) is 7.52. The molecule has 0 fully saturated rings. The standard InChI is InChI=1S/C11H14ClNO3/c1-13(2)6-7-16-10-8(11(14)15)4-3-5-9(10)12/h3-5H,6-7H2,1-2H3,(H,14,15). The van der Waals surface area contributed by atoms with Gasteiger partial charge in [0.15, 0.2) is 5.75 Å². The Kier molecular flexibility index (Phi) is 4.58. The van der Waals surface area contributed by atoms with Gasteiger partial charge in [0, 0.05) is 6.54 Å². The molecule has 0 aliphatic rings. The van der Waals surface area contributed by atoms with Crippen LogP contribution in [0.15, 0.2) is 18.2 Å². The highest BCUT2D eigenvalue weighted by molar-refractivity contribution is 6.32. The number of benzene rings is 1. The lowest BCUT2D eigenvalue weighted by atomic mass is 10.2. The van der Waals surface area contributed by atoms with E-state index in [4.69, 9.17) is 21.4 Å². The Bertz CT molecular complexity index is 379. The van der Waals surface area contributed by atoms with Crippen LogP contribution in [-0.4, -0.2) is 43.2 Å². The third kappa shape index (κ3) is 3.40. The summed E-state index contributed by atoms with van der Waals surface area (Å²) in [4.78, 5) is 12.9. The first kappa shape index (κ1) is 12.8. The van der Waals surface area contributed by atoms with Crippen LogP contribution in [0.5, 0.6) is 5.75 Å². The molecule has 0 saturated carbocycles. The van der Waals surface area contributed by atoms with Crippen molar-refractivity contribution in [3.8, 4) is 5.75 Å². The highest BCUT2D eigenvalue weighted by atomic mass is 35.5. The minimum atomic E-state index is -1.04. The number of hydrogen-bond donors (Lipinski definition) is 1. The van der Waals surface area contributed by atoms with E-state index in [1.807, 2.05) is 19.0 Å². The molecule has 4 nitrogen and oxygen atoms in total. The van der Waals surface area contributed by atoms with Crippen molar-refractivity contribution in [1.82, 2.24) is 4.90 Å². The highest BCUT2D eigenvalue weighted by Gasteiger charge is 2.14. The summed E-state index contributed by atoms with van der Waals surface area (Å²) in [6.45, 7) is 1.10. The minimum Gasteiger partial charge on any atom is -0.490 e. The van der Waals surface area contributed by atoms with Gasteiger partial charge in [0.1, 0.15) is 12.2 Å². The van der Waals surface area contributed by atoms with Crippen molar-refractivity contribution in [2.24, 2.45) is 0 Å². The van der Waals surface area contributed by atoms with E-state index in [2.05, 4.69) is 0 Å². The van der Waals surface area contributed by atoms with Crippen molar-refractivity contribution in [1.29, 1.82) is 0 Å². The number of carboxylic acids is 1. The summed E-state index contributed by atoms with van der Waals surface area (Å²) < 4.78 is 5.39. The average Bonchev–Trinajstić information content (AvgIpc) is 2.19. The molecule has 0 radical (unpaired) electrons. The molecule has 1 aromatic carbocycles. The zero-order valence-electron chi connectivity index (χ0n) is 9.24. The van der Waals surface area contributed by atoms with Crippen LogP contribution in [0.2, 0.25) is 5.02 Å². The zero-order valence-corrected chi connectivity index (χ0v) is 9.99. The van der Waals surface area contributed by atoms with Gasteiger partial charge in [-0.3, -0.25) is 0 Å². The molecule has 0 heterocycles. The maximum atomic E-state index is 10.9. The van der Waals surface area contributed by atoms with Gasteiger partial charge in [-0.1, -0.05) is 17.7 Å². The molecule has 1 aromatic rings. The highest BCUT2D eigenvalue weighted by Crippen LogP contribution is 2.28. The molecule has 1 rings (SSSR count). The number of halogens is 1. The van der Waals surface area contributed by atoms with Crippen LogP contribution in [0.3, 0.4) is 0 Å². The van der Waals surface area contributed by atoms with Crippen LogP contribution < -0.4 is 4.74 Å². The molecule has 0 aromatic heterocycles. The third-order valence-electron chi connectivity index (χ3n) is 1.98. The summed E-state index contributed by atoms with van der Waals surface area (Å²) in [6, 6.07) is 4.67. The van der Waals surface area contributed by atoms with Gasteiger partial charge in [0.2, 0.25) is 0 Å². The van der Waals surface area contributed by atoms with E-state index in [1.54, 1.807) is 12.1 Å². The maximum Gasteiger partial charge on any atom is 0.339 e. The fraction of sp³-hybridized carbons (Fsp3) is 0.364. The number of ether oxygens (including phenoxy) is 1. The topological polar surface area (TPSA) is 49.8 Å². The van der Waals surface area contributed by atoms with Gasteiger partial charge in [-0.2, -0.15) is 0 Å². The normalized spacial score (nSPS) is 10.5. The predicted octanol–water partition coefficient (Wildman–Crippen LogP) is 1.98. The molecular formula is C11H14ClNO3. The van der Waals surface area contributed by atoms with Crippen molar-refractivity contribution in [3.05, 3.63) is 28.8 Å². The monoisotopic (exact) mass is 243 g/mol. The fourth-order valence-electron chi connectivity index (χ4n) is 1.15. The summed E-state index contributed by atoms with van der Waals surface area (Å²) in [6.07, 6.45) is 0. The smallest absolute Gasteiger partial charge is 0.339 e. The van der Waals surface area contributed by atoms with Gasteiger partial charge < -0.3 is 14.7 Å². The Morgan fingerprint density at radius 3 is 2.75 bits per heavy atom. The van der Waals surface area contributed by atoms with Crippen molar-refractivity contribution in [2.45, 2.75) is 0 Å². The number of hydrogen-bond acceptors (Lipinski definition) is 3. The van der Waals surface area contributed by atoms with Gasteiger partial charge in [-0.25, -0.2) is 4.79 Å². The first-order valence-corrected chi connectivity index (χ1v) is 5.19. The molecule has 1 N–H and O–H groups in total. The Morgan fingerprint density at radius 2 is 2.19 bits per heavy atom. The van der Waals surface area contributed by atoms with E-state index in [9.17, 15) is 4.79 Å². The van der Waals surface area contributed by atoms with E-state index in [0.717, 1.165) is 0 Å². The van der Waals surface area contributed by atoms with Crippen LogP contribution in [-0.2, 0) is 0 Å². The molecule has 88 valence electrons. The second-order valence-corrected chi connectivity index (χ2v) is 3.98. The molecule has 16 heavy (non-hydrogen) atoms. The van der Waals surface area contributed by atoms with E-state index >= 15 is 0 Å². The minimum absolute atomic E-state index is 0.0891. The number of aromatic carboxylic acids is 1. The number of nitrogens with zero attached hydrogens (tertiary/aromatic N) is 1. The molecule has 0 bridgehead atoms. The summed E-state index contributed by atoms with van der Waals surface area (Å²) >= 11 is 5.89. The lowest BCUT2D eigenvalue weighted by molar-refractivity contribution is 0.0692. The van der Waals surface area contributed by atoms with Gasteiger partial charge in [0.25, 0.3) is 0 Å². The van der Waals surface area contributed by atoms with Crippen LogP contribution in [0.1, 0.15) is 10.4 Å². The number of rotatable bonds is 5. The summed E-state index contributed by atoms with van der Waals surface area (Å²) in [5, 5.41) is 9.27. The number of carboxylic acid groups (broad SMARTS) is 1. The number of carbonyl (C=O) groups is 1. The van der Waals surface area contributed by atoms with Gasteiger partial charge in [0.05, 0.1) is 5.02 Å². The van der Waals surface area contributed by atoms with Crippen LogP contribution in [0.25, 0.3) is 0 Å². The molecule has 0 aliphatic carbocycles. The van der Waals surface area contributed by atoms with Crippen molar-refractivity contribution in [3.63, 3.8) is 0 Å². The number of likely N-dealkylation sites (N-methyl/N-ethyl adjacent to an activating group) is 1. The molecule has 0 saturated heterocycles. The van der Waals surface area contributed by atoms with Crippen molar-refractivity contribution in [2.75, 3.05) is 27.2 Å². The summed E-state index contributed by atoms with van der Waals surface area (Å²) in [7, 11) is 3.82. The summed E-state index contributed by atoms with van der Waals surface area (Å²) in [5.74, 6) is -0.805. The molecule has 5 heteroatoms. The van der Waals surface area contributed by atoms with E-state index < -0.39 is 5.97 Å². The van der Waals surface area contributed by atoms with Gasteiger partial charge in [-0.15, -0.1) is 0 Å². The van der Waals surface area contributed by atoms with Crippen LogP contribution in [0.4, 0.5) is 0 Å². The van der Waals surface area contributed by atoms with Crippen molar-refractivity contribution < 1.29 is 14.6 Å². The van der Waals surface area contributed by atoms with E-state index in [0.29, 0.717) is 18.2 Å².